The molecule has 0 atom stereocenters. The number of hydrogen-bond acceptors (Lipinski definition) is 10. The molecule has 4 aromatic rings. The van der Waals surface area contributed by atoms with Crippen LogP contribution in [0.4, 0.5) is 0 Å². The van der Waals surface area contributed by atoms with Gasteiger partial charge in [0, 0.05) is 17.5 Å². The van der Waals surface area contributed by atoms with E-state index in [4.69, 9.17) is 34.3 Å². The summed E-state index contributed by atoms with van der Waals surface area (Å²) in [4.78, 5) is 22.8. The van der Waals surface area contributed by atoms with Crippen LogP contribution >= 0.6 is 0 Å². The first-order valence-corrected chi connectivity index (χ1v) is 13.5. The summed E-state index contributed by atoms with van der Waals surface area (Å²) in [5, 5.41) is 46.0. The fourth-order valence-corrected chi connectivity index (χ4v) is 3.96. The average molecular weight is 623 g/mol. The molecule has 0 radical (unpaired) electrons. The van der Waals surface area contributed by atoms with Crippen molar-refractivity contribution in [2.24, 2.45) is 0 Å². The number of ether oxygens (including phenoxy) is 4. The lowest BCUT2D eigenvalue weighted by molar-refractivity contribution is -0.136. The van der Waals surface area contributed by atoms with Crippen LogP contribution in [0.15, 0.2) is 66.7 Å². The van der Waals surface area contributed by atoms with Crippen molar-refractivity contribution in [3.05, 3.63) is 94.5 Å². The Morgan fingerprint density at radius 1 is 0.578 bits per heavy atom. The topological polar surface area (TPSA) is 172 Å². The number of Topliss-reactive ketones (excluding diaryl/α,β-unsaturated/α-hetero) is 1. The maximum absolute atomic E-state index is 12.3. The van der Waals surface area contributed by atoms with E-state index in [0.717, 1.165) is 5.56 Å². The molecular weight excluding hydrogens is 584 g/mol. The molecule has 4 aromatic carbocycles. The number of aromatic hydroxyl groups is 4. The van der Waals surface area contributed by atoms with Gasteiger partial charge in [0.25, 0.3) is 0 Å². The van der Waals surface area contributed by atoms with Crippen LogP contribution in [-0.4, -0.2) is 65.7 Å². The van der Waals surface area contributed by atoms with Gasteiger partial charge in [0.1, 0.15) is 23.0 Å². The predicted molar refractivity (Wildman–Crippen MR) is 167 cm³/mol. The second kappa shape index (κ2) is 16.9. The summed E-state index contributed by atoms with van der Waals surface area (Å²) in [6.07, 6.45) is 0.0957. The molecule has 0 saturated heterocycles. The number of hydrogen-bond donors (Lipinski definition) is 5. The fraction of sp³-hybridized carbons (Fsp3) is 0.235. The van der Waals surface area contributed by atoms with Crippen LogP contribution in [0.2, 0.25) is 0 Å². The molecule has 0 aliphatic carbocycles. The molecule has 0 amide bonds. The fourth-order valence-electron chi connectivity index (χ4n) is 3.96. The highest BCUT2D eigenvalue weighted by Crippen LogP contribution is 2.32. The smallest absolute Gasteiger partial charge is 0.307 e. The summed E-state index contributed by atoms with van der Waals surface area (Å²) in [6, 6.07) is 17.8. The van der Waals surface area contributed by atoms with Gasteiger partial charge in [-0.15, -0.1) is 0 Å². The van der Waals surface area contributed by atoms with E-state index >= 15 is 0 Å². The third-order valence-electron chi connectivity index (χ3n) is 6.60. The van der Waals surface area contributed by atoms with Crippen molar-refractivity contribution in [3.8, 4) is 46.0 Å². The minimum Gasteiger partial charge on any atom is -0.508 e. The number of aliphatic carboxylic acids is 1. The van der Waals surface area contributed by atoms with Crippen LogP contribution in [0.1, 0.15) is 32.6 Å². The summed E-state index contributed by atoms with van der Waals surface area (Å²) in [5.41, 5.74) is 2.43. The van der Waals surface area contributed by atoms with Gasteiger partial charge >= 0.3 is 5.97 Å². The first-order valence-electron chi connectivity index (χ1n) is 13.5. The number of carboxylic acid groups (broad SMARTS) is 1. The molecule has 0 heterocycles. The zero-order valence-corrected chi connectivity index (χ0v) is 26.0. The quantitative estimate of drug-likeness (QED) is 0.147. The number of benzene rings is 4. The minimum atomic E-state index is -0.864. The van der Waals surface area contributed by atoms with Gasteiger partial charge in [0.05, 0.1) is 40.4 Å². The predicted octanol–water partition coefficient (Wildman–Crippen LogP) is 5.59. The molecule has 0 spiro atoms. The zero-order chi connectivity index (χ0) is 33.7. The Balaban J connectivity index is 0.000000261. The van der Waals surface area contributed by atoms with E-state index in [2.05, 4.69) is 0 Å². The van der Waals surface area contributed by atoms with Crippen LogP contribution in [0.3, 0.4) is 0 Å². The third-order valence-corrected chi connectivity index (χ3v) is 6.60. The Kier molecular flexibility index (Phi) is 13.4. The van der Waals surface area contributed by atoms with Crippen LogP contribution < -0.4 is 18.9 Å². The molecule has 0 saturated carbocycles. The number of carbonyl (C=O) groups is 2. The number of rotatable bonds is 9. The van der Waals surface area contributed by atoms with Gasteiger partial charge in [-0.3, -0.25) is 9.59 Å². The van der Waals surface area contributed by atoms with Crippen LogP contribution in [-0.2, 0) is 17.6 Å². The van der Waals surface area contributed by atoms with Crippen molar-refractivity contribution in [2.45, 2.75) is 26.7 Å². The Bertz CT molecular complexity index is 1590. The Morgan fingerprint density at radius 3 is 1.44 bits per heavy atom. The van der Waals surface area contributed by atoms with Crippen LogP contribution in [0.25, 0.3) is 0 Å². The van der Waals surface area contributed by atoms with E-state index in [1.807, 2.05) is 0 Å². The van der Waals surface area contributed by atoms with Gasteiger partial charge in [-0.25, -0.2) is 0 Å². The lowest BCUT2D eigenvalue weighted by atomic mass is 9.99. The van der Waals surface area contributed by atoms with Crippen LogP contribution in [0.5, 0.6) is 46.0 Å². The summed E-state index contributed by atoms with van der Waals surface area (Å²) in [6.45, 7) is 3.21. The van der Waals surface area contributed by atoms with Crippen molar-refractivity contribution >= 4 is 11.8 Å². The molecule has 5 N–H and O–H groups in total. The maximum Gasteiger partial charge on any atom is 0.307 e. The van der Waals surface area contributed by atoms with E-state index in [9.17, 15) is 19.8 Å². The number of phenolic OH excluding ortho intramolecular Hbond substituents is 4. The molecule has 11 heteroatoms. The van der Waals surface area contributed by atoms with Gasteiger partial charge < -0.3 is 44.5 Å². The van der Waals surface area contributed by atoms with E-state index < -0.39 is 5.97 Å². The third kappa shape index (κ3) is 9.99. The van der Waals surface area contributed by atoms with Gasteiger partial charge in [0.2, 0.25) is 0 Å². The van der Waals surface area contributed by atoms with Gasteiger partial charge in [-0.2, -0.15) is 0 Å². The SMILES string of the molecule is COc1ccc(CC(=O)O)cc1OC.COc1ccc(CC(=O)c2ccc(O)c(C)c2O)cc1OC.Cc1c(O)cccc1O. The van der Waals surface area contributed by atoms with Crippen molar-refractivity contribution in [3.63, 3.8) is 0 Å². The molecule has 45 heavy (non-hydrogen) atoms. The average Bonchev–Trinajstić information content (AvgIpc) is 3.02. The highest BCUT2D eigenvalue weighted by molar-refractivity contribution is 6.00. The molecule has 0 fully saturated rings. The molecule has 0 unspecified atom stereocenters. The van der Waals surface area contributed by atoms with E-state index in [-0.39, 0.29) is 52.7 Å². The van der Waals surface area contributed by atoms with Crippen molar-refractivity contribution in [1.82, 2.24) is 0 Å². The molecule has 11 nitrogen and oxygen atoms in total. The molecule has 0 aliphatic heterocycles. The first-order chi connectivity index (χ1) is 21.4. The maximum atomic E-state index is 12.3. The normalized spacial score (nSPS) is 9.91. The summed E-state index contributed by atoms with van der Waals surface area (Å²) < 4.78 is 20.4. The number of carbonyl (C=O) groups excluding carboxylic acids is 1. The summed E-state index contributed by atoms with van der Waals surface area (Å²) in [7, 11) is 6.12. The first kappa shape index (κ1) is 35.6. The molecule has 0 aliphatic rings. The molecule has 0 bridgehead atoms. The molecule has 4 rings (SSSR count). The van der Waals surface area contributed by atoms with E-state index in [1.165, 1.54) is 45.6 Å². The van der Waals surface area contributed by atoms with Crippen molar-refractivity contribution in [1.29, 1.82) is 0 Å². The number of methoxy groups -OCH3 is 4. The molecule has 240 valence electrons. The lowest BCUT2D eigenvalue weighted by Gasteiger charge is -2.10. The number of phenols is 4. The standard InChI is InChI=1S/C17H18O5.C10H12O4.C7H8O2/c1-10-13(18)6-5-12(17(10)20)14(19)8-11-4-7-15(21-2)16(9-11)22-3;1-13-8-4-3-7(6-10(11)12)5-9(8)14-2;1-5-6(8)3-2-4-7(5)9/h4-7,9,18,20H,8H2,1-3H3;3-5H,6H2,1-2H3,(H,11,12);2-4,8-9H,1H3. The number of ketones is 1. The van der Waals surface area contributed by atoms with Gasteiger partial charge in [0.15, 0.2) is 28.8 Å². The summed E-state index contributed by atoms with van der Waals surface area (Å²) >= 11 is 0. The van der Waals surface area contributed by atoms with Gasteiger partial charge in [-0.05, 0) is 73.5 Å². The Morgan fingerprint density at radius 2 is 1.02 bits per heavy atom. The van der Waals surface area contributed by atoms with E-state index in [0.29, 0.717) is 34.1 Å². The number of carboxylic acids is 1. The molecule has 0 aromatic heterocycles. The zero-order valence-electron chi connectivity index (χ0n) is 26.0. The lowest BCUT2D eigenvalue weighted by Crippen LogP contribution is -2.05. The highest BCUT2D eigenvalue weighted by Gasteiger charge is 2.16. The van der Waals surface area contributed by atoms with Crippen molar-refractivity contribution < 1.29 is 54.1 Å². The molecular formula is C34H38O11. The Hall–Kier alpha value is -5.58. The van der Waals surface area contributed by atoms with Crippen molar-refractivity contribution in [2.75, 3.05) is 28.4 Å². The van der Waals surface area contributed by atoms with E-state index in [1.54, 1.807) is 63.4 Å². The second-order valence-electron chi connectivity index (χ2n) is 9.58. The largest absolute Gasteiger partial charge is 0.508 e. The minimum absolute atomic E-state index is 0.0135. The monoisotopic (exact) mass is 622 g/mol. The van der Waals surface area contributed by atoms with Crippen LogP contribution in [0, 0.1) is 13.8 Å². The Labute approximate surface area is 261 Å². The highest BCUT2D eigenvalue weighted by atomic mass is 16.5. The van der Waals surface area contributed by atoms with Gasteiger partial charge in [-0.1, -0.05) is 18.2 Å². The summed E-state index contributed by atoms with van der Waals surface area (Å²) in [5.74, 6) is 1.20. The second-order valence-corrected chi connectivity index (χ2v) is 9.58.